The Morgan fingerprint density at radius 1 is 1.11 bits per heavy atom. The monoisotopic (exact) mass is 383 g/mol. The van der Waals surface area contributed by atoms with E-state index in [1.807, 2.05) is 31.2 Å². The number of ether oxygens (including phenoxy) is 2. The lowest BCUT2D eigenvalue weighted by Crippen LogP contribution is -3.13. The van der Waals surface area contributed by atoms with Crippen molar-refractivity contribution >= 4 is 6.21 Å². The Kier molecular flexibility index (Phi) is 7.31. The second-order valence-electron chi connectivity index (χ2n) is 7.17. The van der Waals surface area contributed by atoms with Crippen LogP contribution in [0.5, 0.6) is 17.2 Å². The molecule has 1 atom stereocenters. The second-order valence-corrected chi connectivity index (χ2v) is 7.17. The van der Waals surface area contributed by atoms with Crippen molar-refractivity contribution < 1.29 is 19.5 Å². The summed E-state index contributed by atoms with van der Waals surface area (Å²) in [6.45, 7) is 5.46. The summed E-state index contributed by atoms with van der Waals surface area (Å²) in [5, 5.41) is 10.4. The van der Waals surface area contributed by atoms with E-state index in [1.54, 1.807) is 24.3 Å². The predicted molar refractivity (Wildman–Crippen MR) is 112 cm³/mol. The number of benzene rings is 2. The summed E-state index contributed by atoms with van der Waals surface area (Å²) in [6.07, 6.45) is 5.61. The molecule has 1 aliphatic rings. The van der Waals surface area contributed by atoms with E-state index in [0.29, 0.717) is 30.5 Å². The molecular weight excluding hydrogens is 352 g/mol. The Morgan fingerprint density at radius 3 is 2.54 bits per heavy atom. The van der Waals surface area contributed by atoms with Gasteiger partial charge in [0.25, 0.3) is 0 Å². The van der Waals surface area contributed by atoms with Gasteiger partial charge in [0.2, 0.25) is 0 Å². The van der Waals surface area contributed by atoms with E-state index in [-0.39, 0.29) is 5.75 Å². The molecule has 0 saturated carbocycles. The van der Waals surface area contributed by atoms with Crippen LogP contribution in [0.4, 0.5) is 0 Å². The van der Waals surface area contributed by atoms with Crippen LogP contribution in [0, 0.1) is 0 Å². The largest absolute Gasteiger partial charge is 0.504 e. The Labute approximate surface area is 167 Å². The van der Waals surface area contributed by atoms with Gasteiger partial charge >= 0.3 is 0 Å². The molecule has 1 fully saturated rings. The van der Waals surface area contributed by atoms with Crippen LogP contribution in [-0.2, 0) is 0 Å². The molecule has 2 aromatic carbocycles. The first-order valence-corrected chi connectivity index (χ1v) is 10.2. The van der Waals surface area contributed by atoms with Crippen LogP contribution in [0.3, 0.4) is 0 Å². The van der Waals surface area contributed by atoms with Gasteiger partial charge < -0.3 is 19.5 Å². The molecule has 150 valence electrons. The van der Waals surface area contributed by atoms with Crippen molar-refractivity contribution in [3.63, 3.8) is 0 Å². The highest BCUT2D eigenvalue weighted by Gasteiger charge is 2.25. The number of piperidine rings is 1. The number of phenolic OH excluding ortho intramolecular Hbond substituents is 1. The Hall–Kier alpha value is -2.53. The highest BCUT2D eigenvalue weighted by Crippen LogP contribution is 2.28. The number of methoxy groups -OCH3 is 1. The van der Waals surface area contributed by atoms with E-state index in [4.69, 9.17) is 14.5 Å². The number of rotatable bonds is 8. The van der Waals surface area contributed by atoms with Gasteiger partial charge in [0.1, 0.15) is 11.8 Å². The third-order valence-electron chi connectivity index (χ3n) is 5.36. The fourth-order valence-electron chi connectivity index (χ4n) is 3.83. The maximum absolute atomic E-state index is 10.4. The molecule has 2 N–H and O–H groups in total. The molecule has 0 aromatic heterocycles. The van der Waals surface area contributed by atoms with Crippen LogP contribution < -0.4 is 14.4 Å². The van der Waals surface area contributed by atoms with Crippen molar-refractivity contribution in [3.05, 3.63) is 53.6 Å². The van der Waals surface area contributed by atoms with Crippen molar-refractivity contribution in [2.75, 3.05) is 33.4 Å². The number of quaternary nitrogens is 1. The van der Waals surface area contributed by atoms with Gasteiger partial charge in [-0.05, 0) is 62.6 Å². The van der Waals surface area contributed by atoms with E-state index in [9.17, 15) is 5.11 Å². The number of phenols is 1. The van der Waals surface area contributed by atoms with Crippen molar-refractivity contribution in [2.24, 2.45) is 4.99 Å². The molecule has 3 rings (SSSR count). The summed E-state index contributed by atoms with van der Waals surface area (Å²) in [4.78, 5) is 6.29. The molecule has 1 aliphatic heterocycles. The van der Waals surface area contributed by atoms with Gasteiger partial charge in [-0.3, -0.25) is 4.99 Å². The smallest absolute Gasteiger partial charge is 0.166 e. The molecule has 0 spiro atoms. The van der Waals surface area contributed by atoms with Gasteiger partial charge in [0, 0.05) is 17.3 Å². The third-order valence-corrected chi connectivity index (χ3v) is 5.36. The van der Waals surface area contributed by atoms with E-state index in [2.05, 4.69) is 12.1 Å². The van der Waals surface area contributed by atoms with Crippen molar-refractivity contribution in [1.82, 2.24) is 0 Å². The Morgan fingerprint density at radius 2 is 1.86 bits per heavy atom. The van der Waals surface area contributed by atoms with Crippen molar-refractivity contribution in [3.8, 4) is 17.2 Å². The van der Waals surface area contributed by atoms with Gasteiger partial charge in [-0.1, -0.05) is 6.07 Å². The predicted octanol–water partition coefficient (Wildman–Crippen LogP) is 3.03. The number of nitrogens with zero attached hydrogens (tertiary/aromatic N) is 1. The zero-order chi connectivity index (χ0) is 19.8. The zero-order valence-corrected chi connectivity index (χ0v) is 16.9. The van der Waals surface area contributed by atoms with Crippen LogP contribution in [0.15, 0.2) is 47.5 Å². The van der Waals surface area contributed by atoms with Crippen LogP contribution in [0.1, 0.15) is 43.4 Å². The number of nitrogens with one attached hydrogen (secondary N) is 1. The first kappa shape index (κ1) is 20.2. The van der Waals surface area contributed by atoms with Crippen LogP contribution in [-0.4, -0.2) is 44.7 Å². The van der Waals surface area contributed by atoms with Gasteiger partial charge in [-0.15, -0.1) is 0 Å². The lowest BCUT2D eigenvalue weighted by atomic mass is 10.0. The fraction of sp³-hybridized carbons (Fsp3) is 0.435. The van der Waals surface area contributed by atoms with Gasteiger partial charge in [0.15, 0.2) is 11.5 Å². The SMILES string of the molecule is CCOc1cccc(C=NC[C@@H](c2ccc(OC)cc2)[NH+]2CCCCC2)c1O. The molecular formula is C23H31N2O3+. The highest BCUT2D eigenvalue weighted by atomic mass is 16.5. The Bertz CT molecular complexity index is 768. The Balaban J connectivity index is 1.77. The average molecular weight is 384 g/mol. The molecule has 5 nitrogen and oxygen atoms in total. The summed E-state index contributed by atoms with van der Waals surface area (Å²) in [6, 6.07) is 14.1. The molecule has 0 radical (unpaired) electrons. The molecule has 1 saturated heterocycles. The lowest BCUT2D eigenvalue weighted by molar-refractivity contribution is -0.934. The van der Waals surface area contributed by atoms with Gasteiger partial charge in [-0.25, -0.2) is 0 Å². The molecule has 28 heavy (non-hydrogen) atoms. The minimum atomic E-state index is 0.152. The topological polar surface area (TPSA) is 55.5 Å². The first-order valence-electron chi connectivity index (χ1n) is 10.2. The first-order chi connectivity index (χ1) is 13.7. The van der Waals surface area contributed by atoms with Crippen molar-refractivity contribution in [2.45, 2.75) is 32.2 Å². The molecule has 0 bridgehead atoms. The average Bonchev–Trinajstić information content (AvgIpc) is 2.74. The van der Waals surface area contributed by atoms with Crippen LogP contribution >= 0.6 is 0 Å². The minimum absolute atomic E-state index is 0.152. The number of aliphatic imine (C=N–C) groups is 1. The number of aromatic hydroxyl groups is 1. The number of hydrogen-bond acceptors (Lipinski definition) is 4. The standard InChI is InChI=1S/C23H30N2O3/c1-3-28-22-9-7-8-19(23(22)26)16-24-17-21(25-14-5-4-6-15-25)18-10-12-20(27-2)13-11-18/h7-13,16,21,26H,3-6,14-15,17H2,1-2H3/p+1/t21-/m0/s1. The molecule has 1 heterocycles. The summed E-state index contributed by atoms with van der Waals surface area (Å²) in [5.41, 5.74) is 1.97. The summed E-state index contributed by atoms with van der Waals surface area (Å²) < 4.78 is 10.8. The van der Waals surface area contributed by atoms with E-state index < -0.39 is 0 Å². The molecule has 0 unspecified atom stereocenters. The zero-order valence-electron chi connectivity index (χ0n) is 16.9. The molecule has 2 aromatic rings. The van der Waals surface area contributed by atoms with Crippen LogP contribution in [0.2, 0.25) is 0 Å². The van der Waals surface area contributed by atoms with E-state index in [1.165, 1.54) is 37.9 Å². The second kappa shape index (κ2) is 10.1. The minimum Gasteiger partial charge on any atom is -0.504 e. The maximum Gasteiger partial charge on any atom is 0.166 e. The van der Waals surface area contributed by atoms with E-state index >= 15 is 0 Å². The van der Waals surface area contributed by atoms with Gasteiger partial charge in [0.05, 0.1) is 33.4 Å². The molecule has 0 aliphatic carbocycles. The van der Waals surface area contributed by atoms with Gasteiger partial charge in [-0.2, -0.15) is 0 Å². The summed E-state index contributed by atoms with van der Waals surface area (Å²) >= 11 is 0. The van der Waals surface area contributed by atoms with Crippen molar-refractivity contribution in [1.29, 1.82) is 0 Å². The summed E-state index contributed by atoms with van der Waals surface area (Å²) in [5.74, 6) is 1.52. The maximum atomic E-state index is 10.4. The fourth-order valence-corrected chi connectivity index (χ4v) is 3.83. The lowest BCUT2D eigenvalue weighted by Gasteiger charge is -2.31. The number of hydrogen-bond donors (Lipinski definition) is 2. The normalized spacial score (nSPS) is 16.2. The number of likely N-dealkylation sites (tertiary alicyclic amines) is 1. The summed E-state index contributed by atoms with van der Waals surface area (Å²) in [7, 11) is 1.69. The number of para-hydroxylation sites is 1. The quantitative estimate of drug-likeness (QED) is 0.689. The van der Waals surface area contributed by atoms with Crippen LogP contribution in [0.25, 0.3) is 0 Å². The molecule has 0 amide bonds. The third kappa shape index (κ3) is 5.04. The molecule has 5 heteroatoms. The van der Waals surface area contributed by atoms with E-state index in [0.717, 1.165) is 5.75 Å². The highest BCUT2D eigenvalue weighted by molar-refractivity contribution is 5.84.